The zero-order valence-corrected chi connectivity index (χ0v) is 15.3. The van der Waals surface area contributed by atoms with Crippen LogP contribution in [-0.4, -0.2) is 44.4 Å². The third kappa shape index (κ3) is 3.30. The van der Waals surface area contributed by atoms with Gasteiger partial charge < -0.3 is 10.0 Å². The summed E-state index contributed by atoms with van der Waals surface area (Å²) in [5, 5.41) is 13.6. The second-order valence-electron chi connectivity index (χ2n) is 7.75. The Bertz CT molecular complexity index is 870. The van der Waals surface area contributed by atoms with Crippen molar-refractivity contribution in [1.29, 1.82) is 0 Å². The average Bonchev–Trinajstić information content (AvgIpc) is 3.17. The van der Waals surface area contributed by atoms with Crippen LogP contribution >= 0.6 is 0 Å². The van der Waals surface area contributed by atoms with Crippen LogP contribution in [0, 0.1) is 5.92 Å². The van der Waals surface area contributed by atoms with Crippen molar-refractivity contribution in [2.24, 2.45) is 5.92 Å². The Hall–Kier alpha value is -2.35. The first-order chi connectivity index (χ1) is 13.3. The number of rotatable bonds is 3. The molecule has 1 amide bonds. The molecule has 1 saturated carbocycles. The zero-order chi connectivity index (χ0) is 19.9. The van der Waals surface area contributed by atoms with Crippen LogP contribution in [-0.2, 0) is 6.18 Å². The second-order valence-corrected chi connectivity index (χ2v) is 7.75. The van der Waals surface area contributed by atoms with Crippen molar-refractivity contribution in [2.75, 3.05) is 13.2 Å². The number of aliphatic hydroxyl groups is 1. The summed E-state index contributed by atoms with van der Waals surface area (Å²) in [6, 6.07) is 6.42. The van der Waals surface area contributed by atoms with Crippen molar-refractivity contribution in [2.45, 2.75) is 43.8 Å². The summed E-state index contributed by atoms with van der Waals surface area (Å²) >= 11 is 0. The van der Waals surface area contributed by atoms with E-state index in [-0.39, 0.29) is 29.4 Å². The van der Waals surface area contributed by atoms with Gasteiger partial charge in [0.05, 0.1) is 11.3 Å². The number of hydrogen-bond acceptors (Lipinski definition) is 3. The van der Waals surface area contributed by atoms with Gasteiger partial charge in [-0.25, -0.2) is 4.68 Å². The molecule has 28 heavy (non-hydrogen) atoms. The number of amides is 1. The minimum Gasteiger partial charge on any atom is -0.396 e. The molecule has 1 aromatic carbocycles. The summed E-state index contributed by atoms with van der Waals surface area (Å²) < 4.78 is 40.1. The van der Waals surface area contributed by atoms with Gasteiger partial charge in [0, 0.05) is 24.9 Å². The molecule has 1 saturated heterocycles. The van der Waals surface area contributed by atoms with Crippen molar-refractivity contribution in [1.82, 2.24) is 14.7 Å². The standard InChI is InChI=1S/C20H22F3N3O2/c21-20(22,23)15-2-1-3-16(12-15)26-10-6-17(24-26)18(28)25-11-9-19(25)7-4-14(13-27)5-8-19/h1-3,6,10,12,14,27H,4-5,7-9,11,13H2. The number of nitrogens with zero attached hydrogens (tertiary/aromatic N) is 3. The summed E-state index contributed by atoms with van der Waals surface area (Å²) in [5.41, 5.74) is -0.407. The molecule has 1 aromatic heterocycles. The number of halogens is 3. The molecule has 1 spiro atoms. The summed E-state index contributed by atoms with van der Waals surface area (Å²) in [5.74, 6) is 0.128. The number of hydrogen-bond donors (Lipinski definition) is 1. The van der Waals surface area contributed by atoms with Crippen molar-refractivity contribution in [3.63, 3.8) is 0 Å². The minimum absolute atomic E-state index is 0.150. The van der Waals surface area contributed by atoms with E-state index in [2.05, 4.69) is 5.10 Å². The predicted octanol–water partition coefficient (Wildman–Crippen LogP) is 3.66. The fraction of sp³-hybridized carbons (Fsp3) is 0.500. The van der Waals surface area contributed by atoms with Crippen molar-refractivity contribution < 1.29 is 23.1 Å². The van der Waals surface area contributed by atoms with E-state index in [0.717, 1.165) is 44.2 Å². The fourth-order valence-corrected chi connectivity index (χ4v) is 4.32. The van der Waals surface area contributed by atoms with Crippen LogP contribution in [0.15, 0.2) is 36.5 Å². The first kappa shape index (κ1) is 19.0. The fourth-order valence-electron chi connectivity index (χ4n) is 4.32. The number of aromatic nitrogens is 2. The molecular formula is C20H22F3N3O2. The third-order valence-electron chi connectivity index (χ3n) is 6.16. The average molecular weight is 393 g/mol. The van der Waals surface area contributed by atoms with Gasteiger partial charge in [0.1, 0.15) is 0 Å². The maximum absolute atomic E-state index is 12.9. The van der Waals surface area contributed by atoms with Crippen LogP contribution in [0.2, 0.25) is 0 Å². The number of likely N-dealkylation sites (tertiary alicyclic amines) is 1. The predicted molar refractivity (Wildman–Crippen MR) is 96.0 cm³/mol. The quantitative estimate of drug-likeness (QED) is 0.866. The first-order valence-electron chi connectivity index (χ1n) is 9.48. The van der Waals surface area contributed by atoms with E-state index >= 15 is 0 Å². The number of carbonyl (C=O) groups is 1. The van der Waals surface area contributed by atoms with E-state index in [1.807, 2.05) is 4.90 Å². The lowest BCUT2D eigenvalue weighted by molar-refractivity contribution is -0.137. The van der Waals surface area contributed by atoms with Gasteiger partial charge in [0.25, 0.3) is 5.91 Å². The van der Waals surface area contributed by atoms with Gasteiger partial charge in [-0.1, -0.05) is 6.07 Å². The SMILES string of the molecule is O=C(c1ccn(-c2cccc(C(F)(F)F)c2)n1)N1CCC12CCC(CO)CC2. The summed E-state index contributed by atoms with van der Waals surface area (Å²) in [4.78, 5) is 14.8. The Kier molecular flexibility index (Phi) is 4.69. The molecule has 2 fully saturated rings. The van der Waals surface area contributed by atoms with E-state index < -0.39 is 11.7 Å². The smallest absolute Gasteiger partial charge is 0.396 e. The Labute approximate surface area is 160 Å². The highest BCUT2D eigenvalue weighted by Crippen LogP contribution is 2.45. The molecule has 4 rings (SSSR count). The topological polar surface area (TPSA) is 58.4 Å². The van der Waals surface area contributed by atoms with Crippen LogP contribution in [0.5, 0.6) is 0 Å². The van der Waals surface area contributed by atoms with Gasteiger partial charge in [0.2, 0.25) is 0 Å². The van der Waals surface area contributed by atoms with Crippen molar-refractivity contribution in [3.8, 4) is 5.69 Å². The maximum atomic E-state index is 12.9. The van der Waals surface area contributed by atoms with Gasteiger partial charge in [-0.15, -0.1) is 0 Å². The number of benzene rings is 1. The van der Waals surface area contributed by atoms with Crippen molar-refractivity contribution in [3.05, 3.63) is 47.8 Å². The largest absolute Gasteiger partial charge is 0.416 e. The summed E-state index contributed by atoms with van der Waals surface area (Å²) in [7, 11) is 0. The van der Waals surface area contributed by atoms with Gasteiger partial charge in [-0.05, 0) is 62.3 Å². The van der Waals surface area contributed by atoms with E-state index in [4.69, 9.17) is 0 Å². The molecule has 2 heterocycles. The normalized spacial score (nSPS) is 25.0. The van der Waals surface area contributed by atoms with Gasteiger partial charge in [-0.2, -0.15) is 18.3 Å². The van der Waals surface area contributed by atoms with Crippen LogP contribution in [0.3, 0.4) is 0 Å². The molecule has 150 valence electrons. The Balaban J connectivity index is 1.51. The van der Waals surface area contributed by atoms with Crippen LogP contribution < -0.4 is 0 Å². The molecule has 2 aromatic rings. The number of aliphatic hydroxyl groups excluding tert-OH is 1. The highest BCUT2D eigenvalue weighted by atomic mass is 19.4. The Morgan fingerprint density at radius 1 is 1.21 bits per heavy atom. The molecule has 5 nitrogen and oxygen atoms in total. The Morgan fingerprint density at radius 2 is 1.96 bits per heavy atom. The monoisotopic (exact) mass is 393 g/mol. The van der Waals surface area contributed by atoms with Crippen LogP contribution in [0.1, 0.15) is 48.2 Å². The molecule has 1 aliphatic heterocycles. The molecule has 1 N–H and O–H groups in total. The van der Waals surface area contributed by atoms with E-state index in [0.29, 0.717) is 12.5 Å². The molecule has 0 bridgehead atoms. The second kappa shape index (κ2) is 6.92. The molecule has 2 aliphatic rings. The first-order valence-corrected chi connectivity index (χ1v) is 9.48. The van der Waals surface area contributed by atoms with E-state index in [1.165, 1.54) is 23.0 Å². The molecular weight excluding hydrogens is 371 g/mol. The maximum Gasteiger partial charge on any atom is 0.416 e. The van der Waals surface area contributed by atoms with Gasteiger partial charge in [-0.3, -0.25) is 4.79 Å². The van der Waals surface area contributed by atoms with Crippen molar-refractivity contribution >= 4 is 5.91 Å². The van der Waals surface area contributed by atoms with Crippen LogP contribution in [0.25, 0.3) is 5.69 Å². The van der Waals surface area contributed by atoms with Crippen LogP contribution in [0.4, 0.5) is 13.2 Å². The lowest BCUT2D eigenvalue weighted by Gasteiger charge is -2.55. The van der Waals surface area contributed by atoms with E-state index in [9.17, 15) is 23.1 Å². The minimum atomic E-state index is -4.43. The number of carbonyl (C=O) groups excluding carboxylic acids is 1. The molecule has 0 atom stereocenters. The molecule has 0 radical (unpaired) electrons. The van der Waals surface area contributed by atoms with E-state index in [1.54, 1.807) is 6.07 Å². The summed E-state index contributed by atoms with van der Waals surface area (Å²) in [6.07, 6.45) is 1.58. The molecule has 0 unspecified atom stereocenters. The highest BCUT2D eigenvalue weighted by Gasteiger charge is 2.49. The molecule has 1 aliphatic carbocycles. The number of alkyl halides is 3. The molecule has 8 heteroatoms. The highest BCUT2D eigenvalue weighted by molar-refractivity contribution is 5.93. The van der Waals surface area contributed by atoms with Gasteiger partial charge >= 0.3 is 6.18 Å². The van der Waals surface area contributed by atoms with Gasteiger partial charge in [0.15, 0.2) is 5.69 Å². The third-order valence-corrected chi connectivity index (χ3v) is 6.16. The Morgan fingerprint density at radius 3 is 2.57 bits per heavy atom. The summed E-state index contributed by atoms with van der Waals surface area (Å²) in [6.45, 7) is 0.852. The lowest BCUT2D eigenvalue weighted by Crippen LogP contribution is -2.63. The lowest BCUT2D eigenvalue weighted by atomic mass is 9.69. The zero-order valence-electron chi connectivity index (χ0n) is 15.3.